The van der Waals surface area contributed by atoms with E-state index < -0.39 is 18.2 Å². The molecule has 14 heavy (non-hydrogen) atoms. The van der Waals surface area contributed by atoms with Crippen LogP contribution in [-0.2, 0) is 14.3 Å². The molecule has 0 spiro atoms. The van der Waals surface area contributed by atoms with Crippen LogP contribution in [0.2, 0.25) is 0 Å². The number of rotatable bonds is 5. The minimum atomic E-state index is -1.25. The van der Waals surface area contributed by atoms with Crippen molar-refractivity contribution in [3.63, 3.8) is 0 Å². The van der Waals surface area contributed by atoms with Crippen LogP contribution < -0.4 is 0 Å². The third-order valence-electron chi connectivity index (χ3n) is 1.43. The highest BCUT2D eigenvalue weighted by atomic mass is 16.6. The number of carbonyl (C=O) groups is 3. The summed E-state index contributed by atoms with van der Waals surface area (Å²) in [5.74, 6) is -1.25. The normalized spacial score (nSPS) is 11.6. The van der Waals surface area contributed by atoms with Crippen molar-refractivity contribution >= 4 is 18.3 Å². The first-order chi connectivity index (χ1) is 6.49. The smallest absolute Gasteiger partial charge is 0.410 e. The minimum Gasteiger partial charge on any atom is -0.479 e. The molecule has 0 aliphatic heterocycles. The maximum Gasteiger partial charge on any atom is 0.410 e. The van der Waals surface area contributed by atoms with Crippen molar-refractivity contribution in [2.75, 3.05) is 14.1 Å². The zero-order valence-electron chi connectivity index (χ0n) is 8.10. The molecule has 1 N–H and O–H groups in total. The van der Waals surface area contributed by atoms with Crippen molar-refractivity contribution in [1.82, 2.24) is 4.90 Å². The highest BCUT2D eigenvalue weighted by Crippen LogP contribution is 2.03. The topological polar surface area (TPSA) is 83.9 Å². The Labute approximate surface area is 81.4 Å². The molecule has 80 valence electrons. The van der Waals surface area contributed by atoms with Gasteiger partial charge in [0.15, 0.2) is 0 Å². The van der Waals surface area contributed by atoms with Gasteiger partial charge in [0.1, 0.15) is 6.29 Å². The minimum absolute atomic E-state index is 0.00157. The molecule has 0 unspecified atom stereocenters. The predicted octanol–water partition coefficient (Wildman–Crippen LogP) is 0.117. The average molecular weight is 203 g/mol. The second kappa shape index (κ2) is 5.95. The van der Waals surface area contributed by atoms with E-state index in [1.165, 1.54) is 14.1 Å². The summed E-state index contributed by atoms with van der Waals surface area (Å²) in [6.45, 7) is 0. The van der Waals surface area contributed by atoms with Crippen LogP contribution in [0.15, 0.2) is 0 Å². The molecule has 0 saturated carbocycles. The number of hydrogen-bond donors (Lipinski definition) is 1. The molecule has 0 heterocycles. The SMILES string of the molecule is CN(C)C(=O)O[C@@H](CCC=O)C(=O)O. The van der Waals surface area contributed by atoms with Gasteiger partial charge in [0.2, 0.25) is 6.10 Å². The first kappa shape index (κ1) is 12.4. The molecule has 0 bridgehead atoms. The number of carboxylic acid groups (broad SMARTS) is 1. The lowest BCUT2D eigenvalue weighted by atomic mass is 10.2. The van der Waals surface area contributed by atoms with Crippen molar-refractivity contribution in [3.8, 4) is 0 Å². The van der Waals surface area contributed by atoms with Crippen molar-refractivity contribution in [2.24, 2.45) is 0 Å². The largest absolute Gasteiger partial charge is 0.479 e. The van der Waals surface area contributed by atoms with E-state index in [1.807, 2.05) is 0 Å². The van der Waals surface area contributed by atoms with Gasteiger partial charge in [0, 0.05) is 26.9 Å². The van der Waals surface area contributed by atoms with Crippen LogP contribution in [0.25, 0.3) is 0 Å². The zero-order valence-corrected chi connectivity index (χ0v) is 8.10. The van der Waals surface area contributed by atoms with E-state index in [-0.39, 0.29) is 12.8 Å². The number of aliphatic carboxylic acids is 1. The van der Waals surface area contributed by atoms with Gasteiger partial charge in [0.25, 0.3) is 0 Å². The Bertz CT molecular complexity index is 226. The first-order valence-electron chi connectivity index (χ1n) is 4.03. The van der Waals surface area contributed by atoms with Crippen molar-refractivity contribution in [1.29, 1.82) is 0 Å². The van der Waals surface area contributed by atoms with Gasteiger partial charge >= 0.3 is 12.1 Å². The number of hydrogen-bond acceptors (Lipinski definition) is 4. The molecule has 0 aromatic heterocycles. The third-order valence-corrected chi connectivity index (χ3v) is 1.43. The highest BCUT2D eigenvalue weighted by molar-refractivity contribution is 5.77. The fraction of sp³-hybridized carbons (Fsp3) is 0.625. The second-order valence-electron chi connectivity index (χ2n) is 2.85. The maximum atomic E-state index is 11.0. The van der Waals surface area contributed by atoms with Gasteiger partial charge in [-0.25, -0.2) is 9.59 Å². The Morgan fingerprint density at radius 3 is 2.43 bits per heavy atom. The third kappa shape index (κ3) is 4.44. The van der Waals surface area contributed by atoms with E-state index in [0.29, 0.717) is 6.29 Å². The summed E-state index contributed by atoms with van der Waals surface area (Å²) in [6.07, 6.45) is -1.35. The number of aldehydes is 1. The molecule has 0 aromatic rings. The van der Waals surface area contributed by atoms with Crippen LogP contribution in [0.1, 0.15) is 12.8 Å². The number of ether oxygens (including phenoxy) is 1. The van der Waals surface area contributed by atoms with Gasteiger partial charge in [-0.3, -0.25) is 0 Å². The van der Waals surface area contributed by atoms with Gasteiger partial charge in [-0.1, -0.05) is 0 Å². The Morgan fingerprint density at radius 2 is 2.07 bits per heavy atom. The van der Waals surface area contributed by atoms with Gasteiger partial charge in [-0.05, 0) is 0 Å². The van der Waals surface area contributed by atoms with Crippen molar-refractivity contribution in [2.45, 2.75) is 18.9 Å². The summed E-state index contributed by atoms with van der Waals surface area (Å²) in [7, 11) is 2.89. The van der Waals surface area contributed by atoms with Crippen LogP contribution in [0.3, 0.4) is 0 Å². The molecular weight excluding hydrogens is 190 g/mol. The van der Waals surface area contributed by atoms with Crippen molar-refractivity contribution in [3.05, 3.63) is 0 Å². The molecule has 0 aromatic carbocycles. The molecule has 6 heteroatoms. The van der Waals surface area contributed by atoms with Crippen LogP contribution in [0, 0.1) is 0 Å². The summed E-state index contributed by atoms with van der Waals surface area (Å²) in [4.78, 5) is 32.7. The number of carboxylic acids is 1. The first-order valence-corrected chi connectivity index (χ1v) is 4.03. The van der Waals surface area contributed by atoms with E-state index in [9.17, 15) is 14.4 Å². The molecule has 0 aliphatic carbocycles. The molecular formula is C8H13NO5. The van der Waals surface area contributed by atoms with Gasteiger partial charge < -0.3 is 19.5 Å². The summed E-state index contributed by atoms with van der Waals surface area (Å²) in [6, 6.07) is 0. The predicted molar refractivity (Wildman–Crippen MR) is 46.9 cm³/mol. The number of nitrogens with zero attached hydrogens (tertiary/aromatic N) is 1. The Morgan fingerprint density at radius 1 is 1.50 bits per heavy atom. The summed E-state index contributed by atoms with van der Waals surface area (Å²) in [5, 5.41) is 8.62. The van der Waals surface area contributed by atoms with Crippen LogP contribution in [0.4, 0.5) is 4.79 Å². The number of carbonyl (C=O) groups excluding carboxylic acids is 2. The molecule has 0 radical (unpaired) electrons. The molecule has 0 saturated heterocycles. The summed E-state index contributed by atoms with van der Waals surface area (Å²) in [5.41, 5.74) is 0. The molecule has 1 atom stereocenters. The standard InChI is InChI=1S/C8H13NO5/c1-9(2)8(13)14-6(7(11)12)4-3-5-10/h5-6H,3-4H2,1-2H3,(H,11,12)/t6-/m0/s1. The Hall–Kier alpha value is -1.59. The quantitative estimate of drug-likeness (QED) is 0.641. The molecule has 0 aliphatic rings. The second-order valence-corrected chi connectivity index (χ2v) is 2.85. The molecule has 0 rings (SSSR count). The van der Waals surface area contributed by atoms with Gasteiger partial charge in [-0.15, -0.1) is 0 Å². The zero-order chi connectivity index (χ0) is 11.1. The highest BCUT2D eigenvalue weighted by Gasteiger charge is 2.22. The van der Waals surface area contributed by atoms with E-state index in [1.54, 1.807) is 0 Å². The van der Waals surface area contributed by atoms with E-state index in [4.69, 9.17) is 5.11 Å². The molecule has 1 amide bonds. The molecule has 6 nitrogen and oxygen atoms in total. The lowest BCUT2D eigenvalue weighted by Crippen LogP contribution is -2.32. The molecule has 0 fully saturated rings. The van der Waals surface area contributed by atoms with Gasteiger partial charge in [-0.2, -0.15) is 0 Å². The summed E-state index contributed by atoms with van der Waals surface area (Å²) >= 11 is 0. The average Bonchev–Trinajstić information content (AvgIpc) is 2.10. The maximum absolute atomic E-state index is 11.0. The Kier molecular flexibility index (Phi) is 5.28. The van der Waals surface area contributed by atoms with Crippen LogP contribution >= 0.6 is 0 Å². The fourth-order valence-electron chi connectivity index (χ4n) is 0.679. The Balaban J connectivity index is 4.15. The number of amides is 1. The van der Waals surface area contributed by atoms with Crippen molar-refractivity contribution < 1.29 is 24.2 Å². The van der Waals surface area contributed by atoms with Crippen LogP contribution in [0.5, 0.6) is 0 Å². The van der Waals surface area contributed by atoms with E-state index >= 15 is 0 Å². The lowest BCUT2D eigenvalue weighted by molar-refractivity contribution is -0.147. The lowest BCUT2D eigenvalue weighted by Gasteiger charge is -2.16. The van der Waals surface area contributed by atoms with E-state index in [2.05, 4.69) is 4.74 Å². The van der Waals surface area contributed by atoms with Gasteiger partial charge in [0.05, 0.1) is 0 Å². The summed E-state index contributed by atoms with van der Waals surface area (Å²) < 4.78 is 4.60. The van der Waals surface area contributed by atoms with Crippen LogP contribution in [-0.4, -0.2) is 48.6 Å². The van der Waals surface area contributed by atoms with E-state index in [0.717, 1.165) is 4.90 Å². The monoisotopic (exact) mass is 203 g/mol. The fourth-order valence-corrected chi connectivity index (χ4v) is 0.679.